The van der Waals surface area contributed by atoms with E-state index >= 15 is 0 Å². The lowest BCUT2D eigenvalue weighted by atomic mass is 9.66. The first-order valence-electron chi connectivity index (χ1n) is 8.96. The fourth-order valence-corrected chi connectivity index (χ4v) is 4.03. The van der Waals surface area contributed by atoms with Crippen LogP contribution in [0.2, 0.25) is 10.0 Å². The molecular formula is C21H21Cl2F4NO. The average Bonchev–Trinajstić information content (AvgIpc) is 2.64. The minimum Gasteiger partial charge on any atom is -0.307 e. The smallest absolute Gasteiger partial charge is 0.166 e. The second-order valence-corrected chi connectivity index (χ2v) is 8.01. The van der Waals surface area contributed by atoms with Crippen molar-refractivity contribution in [2.45, 2.75) is 38.1 Å². The van der Waals surface area contributed by atoms with Crippen LogP contribution in [0, 0.1) is 23.3 Å². The molecule has 0 fully saturated rings. The first-order chi connectivity index (χ1) is 13.5. The molecule has 0 N–H and O–H groups in total. The summed E-state index contributed by atoms with van der Waals surface area (Å²) in [5.41, 5.74) is -3.01. The zero-order chi connectivity index (χ0) is 22.1. The number of hydrogen-bond acceptors (Lipinski definition) is 2. The Morgan fingerprint density at radius 2 is 1.62 bits per heavy atom. The summed E-state index contributed by atoms with van der Waals surface area (Å²) in [6, 6.07) is 3.81. The first-order valence-corrected chi connectivity index (χ1v) is 9.71. The standard InChI is InChI=1S/C21H21Cl2F4NO/c1-5-17(29)21(10-11(2)28(3)4,13-7-6-12(22)8-14(13)23)18-19(26)15(24)9-16(25)20(18)27/h6-9,11H,5,10H2,1-4H3/t11-,21-/m0/s1. The van der Waals surface area contributed by atoms with Crippen LogP contribution in [0.1, 0.15) is 37.8 Å². The Morgan fingerprint density at radius 1 is 1.07 bits per heavy atom. The molecule has 0 spiro atoms. The summed E-state index contributed by atoms with van der Waals surface area (Å²) in [5.74, 6) is -7.05. The number of halogens is 6. The van der Waals surface area contributed by atoms with Crippen LogP contribution >= 0.6 is 23.2 Å². The van der Waals surface area contributed by atoms with Gasteiger partial charge in [0.2, 0.25) is 0 Å². The predicted molar refractivity (Wildman–Crippen MR) is 107 cm³/mol. The lowest BCUT2D eigenvalue weighted by Crippen LogP contribution is -2.44. The van der Waals surface area contributed by atoms with Gasteiger partial charge in [-0.3, -0.25) is 4.79 Å². The summed E-state index contributed by atoms with van der Waals surface area (Å²) in [6.07, 6.45) is -0.305. The normalized spacial score (nSPS) is 14.7. The van der Waals surface area contributed by atoms with Crippen LogP contribution in [0.25, 0.3) is 0 Å². The molecule has 2 atom stereocenters. The van der Waals surface area contributed by atoms with Crippen molar-refractivity contribution in [2.75, 3.05) is 14.1 Å². The van der Waals surface area contributed by atoms with E-state index in [9.17, 15) is 22.4 Å². The summed E-state index contributed by atoms with van der Waals surface area (Å²) in [6.45, 7) is 3.24. The molecule has 2 aromatic carbocycles. The zero-order valence-electron chi connectivity index (χ0n) is 16.4. The van der Waals surface area contributed by atoms with Crippen LogP contribution < -0.4 is 0 Å². The van der Waals surface area contributed by atoms with Crippen molar-refractivity contribution in [3.8, 4) is 0 Å². The molecule has 0 radical (unpaired) electrons. The number of rotatable bonds is 7. The lowest BCUT2D eigenvalue weighted by Gasteiger charge is -2.38. The zero-order valence-corrected chi connectivity index (χ0v) is 17.9. The van der Waals surface area contributed by atoms with E-state index in [1.807, 2.05) is 0 Å². The molecule has 2 nitrogen and oxygen atoms in total. The van der Waals surface area contributed by atoms with Gasteiger partial charge < -0.3 is 4.90 Å². The van der Waals surface area contributed by atoms with Crippen molar-refractivity contribution in [3.63, 3.8) is 0 Å². The number of Topliss-reactive ketones (excluding diaryl/α,β-unsaturated/α-hetero) is 1. The highest BCUT2D eigenvalue weighted by molar-refractivity contribution is 6.35. The van der Waals surface area contributed by atoms with Crippen molar-refractivity contribution in [3.05, 3.63) is 68.7 Å². The number of ketones is 1. The average molecular weight is 450 g/mol. The molecule has 2 aromatic rings. The topological polar surface area (TPSA) is 20.3 Å². The molecule has 0 amide bonds. The van der Waals surface area contributed by atoms with E-state index in [-0.39, 0.29) is 34.5 Å². The van der Waals surface area contributed by atoms with Crippen LogP contribution in [0.4, 0.5) is 17.6 Å². The van der Waals surface area contributed by atoms with Gasteiger partial charge in [0.25, 0.3) is 0 Å². The molecule has 0 aliphatic heterocycles. The Hall–Kier alpha value is -1.63. The third-order valence-corrected chi connectivity index (χ3v) is 5.76. The van der Waals surface area contributed by atoms with Crippen molar-refractivity contribution in [2.24, 2.45) is 0 Å². The molecule has 0 saturated carbocycles. The molecule has 0 heterocycles. The largest absolute Gasteiger partial charge is 0.307 e. The monoisotopic (exact) mass is 449 g/mol. The fourth-order valence-electron chi connectivity index (χ4n) is 3.46. The molecule has 0 unspecified atom stereocenters. The number of carbonyl (C=O) groups excluding carboxylic acids is 1. The summed E-state index contributed by atoms with van der Waals surface area (Å²) in [5, 5.41) is 0.206. The second kappa shape index (κ2) is 9.02. The molecule has 8 heteroatoms. The Kier molecular flexibility index (Phi) is 7.36. The van der Waals surface area contributed by atoms with Gasteiger partial charge in [-0.25, -0.2) is 17.6 Å². The second-order valence-electron chi connectivity index (χ2n) is 7.17. The summed E-state index contributed by atoms with van der Waals surface area (Å²) in [4.78, 5) is 15.0. The maximum absolute atomic E-state index is 15.0. The van der Waals surface area contributed by atoms with Gasteiger partial charge >= 0.3 is 0 Å². The van der Waals surface area contributed by atoms with Crippen molar-refractivity contribution >= 4 is 29.0 Å². The van der Waals surface area contributed by atoms with Crippen LogP contribution in [0.5, 0.6) is 0 Å². The lowest BCUT2D eigenvalue weighted by molar-refractivity contribution is -0.123. The maximum Gasteiger partial charge on any atom is 0.166 e. The third-order valence-electron chi connectivity index (χ3n) is 5.21. The maximum atomic E-state index is 15.0. The molecular weight excluding hydrogens is 429 g/mol. The Morgan fingerprint density at radius 3 is 2.07 bits per heavy atom. The third kappa shape index (κ3) is 4.30. The van der Waals surface area contributed by atoms with Crippen molar-refractivity contribution in [1.82, 2.24) is 4.90 Å². The summed E-state index contributed by atoms with van der Waals surface area (Å²) < 4.78 is 58.2. The van der Waals surface area contributed by atoms with Gasteiger partial charge in [-0.15, -0.1) is 0 Å². The highest BCUT2D eigenvalue weighted by Gasteiger charge is 2.48. The minimum absolute atomic E-state index is 0.0336. The van der Waals surface area contributed by atoms with Gasteiger partial charge in [0.15, 0.2) is 23.3 Å². The number of nitrogens with zero attached hydrogens (tertiary/aromatic N) is 1. The van der Waals surface area contributed by atoms with Gasteiger partial charge in [0.1, 0.15) is 5.78 Å². The number of benzene rings is 2. The van der Waals surface area contributed by atoms with E-state index in [4.69, 9.17) is 23.2 Å². The Balaban J connectivity index is 3.04. The molecule has 29 heavy (non-hydrogen) atoms. The minimum atomic E-state index is -2.06. The Labute approximate surface area is 177 Å². The molecule has 0 aliphatic carbocycles. The Bertz CT molecular complexity index is 909. The number of carbonyl (C=O) groups is 1. The molecule has 0 aliphatic rings. The summed E-state index contributed by atoms with van der Waals surface area (Å²) in [7, 11) is 3.43. The van der Waals surface area contributed by atoms with E-state index in [1.54, 1.807) is 25.9 Å². The summed E-state index contributed by atoms with van der Waals surface area (Å²) >= 11 is 12.3. The van der Waals surface area contributed by atoms with Gasteiger partial charge in [-0.1, -0.05) is 36.2 Å². The quantitative estimate of drug-likeness (QED) is 0.372. The van der Waals surface area contributed by atoms with E-state index in [0.717, 1.165) is 0 Å². The van der Waals surface area contributed by atoms with Gasteiger partial charge in [0, 0.05) is 34.1 Å². The van der Waals surface area contributed by atoms with Crippen LogP contribution in [0.3, 0.4) is 0 Å². The van der Waals surface area contributed by atoms with E-state index in [1.165, 1.54) is 25.1 Å². The fraction of sp³-hybridized carbons (Fsp3) is 0.381. The molecule has 0 saturated heterocycles. The van der Waals surface area contributed by atoms with E-state index in [0.29, 0.717) is 0 Å². The molecule has 0 aromatic heterocycles. The highest BCUT2D eigenvalue weighted by Crippen LogP contribution is 2.46. The SMILES string of the molecule is CCC(=O)[C@](C[C@H](C)N(C)C)(c1ccc(Cl)cc1Cl)c1c(F)c(F)cc(F)c1F. The van der Waals surface area contributed by atoms with Gasteiger partial charge in [-0.2, -0.15) is 0 Å². The van der Waals surface area contributed by atoms with Gasteiger partial charge in [0.05, 0.1) is 5.41 Å². The van der Waals surface area contributed by atoms with Crippen LogP contribution in [-0.4, -0.2) is 30.8 Å². The molecule has 158 valence electrons. The van der Waals surface area contributed by atoms with Crippen LogP contribution in [-0.2, 0) is 10.2 Å². The highest BCUT2D eigenvalue weighted by atomic mass is 35.5. The van der Waals surface area contributed by atoms with Crippen LogP contribution in [0.15, 0.2) is 24.3 Å². The first kappa shape index (κ1) is 23.6. The predicted octanol–water partition coefficient (Wildman–Crippen LogP) is 6.16. The molecule has 2 rings (SSSR count). The van der Waals surface area contributed by atoms with Crippen molar-refractivity contribution in [1.29, 1.82) is 0 Å². The number of hydrogen-bond donors (Lipinski definition) is 0. The van der Waals surface area contributed by atoms with Crippen molar-refractivity contribution < 1.29 is 22.4 Å². The molecule has 0 bridgehead atoms. The van der Waals surface area contributed by atoms with E-state index in [2.05, 4.69) is 0 Å². The van der Waals surface area contributed by atoms with Gasteiger partial charge in [-0.05, 0) is 45.1 Å². The van der Waals surface area contributed by atoms with E-state index < -0.39 is 46.1 Å².